The average molecular weight is 383 g/mol. The molecule has 0 saturated carbocycles. The number of carbonyl (C=O) groups is 1. The molecule has 0 spiro atoms. The summed E-state index contributed by atoms with van der Waals surface area (Å²) in [5.41, 5.74) is 2.83. The second-order valence-electron chi connectivity index (χ2n) is 6.81. The molecule has 1 N–H and O–H groups in total. The largest absolute Gasteiger partial charge is 0.491 e. The van der Waals surface area contributed by atoms with Gasteiger partial charge in [-0.2, -0.15) is 5.10 Å². The van der Waals surface area contributed by atoms with Crippen molar-refractivity contribution in [3.63, 3.8) is 0 Å². The molecule has 0 unspecified atom stereocenters. The fraction of sp³-hybridized carbons (Fsp3) is 0.450. The average Bonchev–Trinajstić information content (AvgIpc) is 3.36. The summed E-state index contributed by atoms with van der Waals surface area (Å²) in [6.07, 6.45) is 7.63. The molecule has 0 aliphatic carbocycles. The van der Waals surface area contributed by atoms with Crippen molar-refractivity contribution in [1.82, 2.24) is 19.2 Å². The highest BCUT2D eigenvalue weighted by molar-refractivity contribution is 6.03. The Balaban J connectivity index is 1.63. The van der Waals surface area contributed by atoms with Gasteiger partial charge in [0.1, 0.15) is 17.1 Å². The summed E-state index contributed by atoms with van der Waals surface area (Å²) in [6, 6.07) is 3.57. The minimum Gasteiger partial charge on any atom is -0.491 e. The summed E-state index contributed by atoms with van der Waals surface area (Å²) in [5.74, 6) is 0.736. The summed E-state index contributed by atoms with van der Waals surface area (Å²) >= 11 is 0. The van der Waals surface area contributed by atoms with E-state index < -0.39 is 0 Å². The number of hydrogen-bond donors (Lipinski definition) is 1. The molecule has 4 rings (SSSR count). The van der Waals surface area contributed by atoms with Crippen LogP contribution in [0.3, 0.4) is 0 Å². The number of nitrogens with one attached hydrogen (secondary N) is 1. The zero-order chi connectivity index (χ0) is 19.5. The second kappa shape index (κ2) is 8.02. The van der Waals surface area contributed by atoms with Crippen molar-refractivity contribution >= 4 is 17.2 Å². The lowest BCUT2D eigenvalue weighted by Gasteiger charge is -2.19. The highest BCUT2D eigenvalue weighted by Gasteiger charge is 2.20. The third-order valence-electron chi connectivity index (χ3n) is 4.96. The van der Waals surface area contributed by atoms with Crippen molar-refractivity contribution in [1.29, 1.82) is 0 Å². The van der Waals surface area contributed by atoms with E-state index in [9.17, 15) is 4.79 Å². The van der Waals surface area contributed by atoms with E-state index >= 15 is 0 Å². The van der Waals surface area contributed by atoms with Gasteiger partial charge in [-0.3, -0.25) is 9.48 Å². The van der Waals surface area contributed by atoms with Crippen LogP contribution in [0.15, 0.2) is 30.7 Å². The first-order chi connectivity index (χ1) is 13.7. The Labute approximate surface area is 163 Å². The van der Waals surface area contributed by atoms with Gasteiger partial charge in [-0.05, 0) is 32.8 Å². The Morgan fingerprint density at radius 3 is 2.86 bits per heavy atom. The summed E-state index contributed by atoms with van der Waals surface area (Å²) in [7, 11) is 0. The molecule has 3 aromatic rings. The quantitative estimate of drug-likeness (QED) is 0.707. The Morgan fingerprint density at radius 1 is 1.32 bits per heavy atom. The first-order valence-electron chi connectivity index (χ1n) is 9.76. The van der Waals surface area contributed by atoms with Crippen LogP contribution >= 0.6 is 0 Å². The number of amides is 1. The molecule has 1 saturated heterocycles. The number of aryl methyl sites for hydroxylation is 1. The summed E-state index contributed by atoms with van der Waals surface area (Å²) in [5, 5.41) is 7.18. The highest BCUT2D eigenvalue weighted by Crippen LogP contribution is 2.30. The monoisotopic (exact) mass is 383 g/mol. The molecule has 8 nitrogen and oxygen atoms in total. The van der Waals surface area contributed by atoms with Gasteiger partial charge in [-0.1, -0.05) is 0 Å². The Bertz CT molecular complexity index is 972. The molecule has 8 heteroatoms. The van der Waals surface area contributed by atoms with Crippen molar-refractivity contribution in [2.75, 3.05) is 25.1 Å². The predicted molar refractivity (Wildman–Crippen MR) is 105 cm³/mol. The third-order valence-corrected chi connectivity index (χ3v) is 4.96. The number of ether oxygens (including phenoxy) is 2. The zero-order valence-electron chi connectivity index (χ0n) is 16.2. The first-order valence-corrected chi connectivity index (χ1v) is 9.76. The van der Waals surface area contributed by atoms with Gasteiger partial charge >= 0.3 is 0 Å². The number of imidazole rings is 1. The minimum absolute atomic E-state index is 0.266. The maximum atomic E-state index is 12.6. The standard InChI is InChI=1S/C20H25N5O3/c1-3-25-8-5-15(23-25)20(26)22-17-13-24-12-16(14-6-9-27-10-7-14)21-19(24)11-18(17)28-4-2/h5,8,11-14H,3-4,6-7,9-10H2,1-2H3,(H,22,26). The Hall–Kier alpha value is -2.87. The molecule has 0 radical (unpaired) electrons. The normalized spacial score (nSPS) is 15.1. The fourth-order valence-electron chi connectivity index (χ4n) is 3.44. The maximum Gasteiger partial charge on any atom is 0.276 e. The van der Waals surface area contributed by atoms with E-state index in [0.717, 1.165) is 37.4 Å². The highest BCUT2D eigenvalue weighted by atomic mass is 16.5. The van der Waals surface area contributed by atoms with Crippen LogP contribution in [-0.2, 0) is 11.3 Å². The first kappa shape index (κ1) is 18.5. The number of hydrogen-bond acceptors (Lipinski definition) is 5. The van der Waals surface area contributed by atoms with Crippen molar-refractivity contribution < 1.29 is 14.3 Å². The molecule has 0 atom stereocenters. The molecule has 0 bridgehead atoms. The van der Waals surface area contributed by atoms with Crippen LogP contribution in [0, 0.1) is 0 Å². The van der Waals surface area contributed by atoms with Gasteiger partial charge < -0.3 is 19.2 Å². The molecule has 28 heavy (non-hydrogen) atoms. The molecular formula is C20H25N5O3. The van der Waals surface area contributed by atoms with Crippen LogP contribution in [0.1, 0.15) is 48.8 Å². The van der Waals surface area contributed by atoms with Crippen LogP contribution in [0.4, 0.5) is 5.69 Å². The molecule has 4 heterocycles. The number of aromatic nitrogens is 4. The van der Waals surface area contributed by atoms with Crippen LogP contribution < -0.4 is 10.1 Å². The number of fused-ring (bicyclic) bond motifs is 1. The lowest BCUT2D eigenvalue weighted by Crippen LogP contribution is -2.15. The van der Waals surface area contributed by atoms with Gasteiger partial charge in [-0.25, -0.2) is 4.98 Å². The molecular weight excluding hydrogens is 358 g/mol. The van der Waals surface area contributed by atoms with E-state index in [2.05, 4.69) is 10.4 Å². The number of nitrogens with zero attached hydrogens (tertiary/aromatic N) is 4. The summed E-state index contributed by atoms with van der Waals surface area (Å²) in [4.78, 5) is 17.4. The van der Waals surface area contributed by atoms with Crippen LogP contribution in [0.2, 0.25) is 0 Å². The molecule has 1 aliphatic rings. The van der Waals surface area contributed by atoms with E-state index in [4.69, 9.17) is 14.5 Å². The molecule has 0 aromatic carbocycles. The van der Waals surface area contributed by atoms with E-state index in [1.807, 2.05) is 36.7 Å². The Morgan fingerprint density at radius 2 is 2.14 bits per heavy atom. The molecule has 1 aliphatic heterocycles. The van der Waals surface area contributed by atoms with E-state index in [-0.39, 0.29) is 5.91 Å². The third kappa shape index (κ3) is 3.73. The second-order valence-corrected chi connectivity index (χ2v) is 6.81. The van der Waals surface area contributed by atoms with Gasteiger partial charge in [0.25, 0.3) is 5.91 Å². The molecule has 1 amide bonds. The van der Waals surface area contributed by atoms with Gasteiger partial charge in [0.05, 0.1) is 12.3 Å². The molecule has 3 aromatic heterocycles. The van der Waals surface area contributed by atoms with Crippen molar-refractivity contribution in [2.45, 2.75) is 39.2 Å². The lowest BCUT2D eigenvalue weighted by atomic mass is 9.97. The van der Waals surface area contributed by atoms with Gasteiger partial charge in [0.2, 0.25) is 0 Å². The van der Waals surface area contributed by atoms with Crippen molar-refractivity contribution in [2.24, 2.45) is 0 Å². The van der Waals surface area contributed by atoms with Crippen molar-refractivity contribution in [3.8, 4) is 5.75 Å². The number of carbonyl (C=O) groups excluding carboxylic acids is 1. The molecule has 1 fully saturated rings. The smallest absolute Gasteiger partial charge is 0.276 e. The minimum atomic E-state index is -0.266. The van der Waals surface area contributed by atoms with Crippen LogP contribution in [0.25, 0.3) is 5.65 Å². The van der Waals surface area contributed by atoms with Gasteiger partial charge in [0, 0.05) is 50.3 Å². The van der Waals surface area contributed by atoms with Crippen molar-refractivity contribution in [3.05, 3.63) is 42.1 Å². The van der Waals surface area contributed by atoms with E-state index in [1.54, 1.807) is 16.9 Å². The van der Waals surface area contributed by atoms with Crippen LogP contribution in [-0.4, -0.2) is 44.9 Å². The Kier molecular flexibility index (Phi) is 5.29. The predicted octanol–water partition coefficient (Wildman–Crippen LogP) is 3.10. The lowest BCUT2D eigenvalue weighted by molar-refractivity contribution is 0.0846. The van der Waals surface area contributed by atoms with E-state index in [0.29, 0.717) is 36.2 Å². The van der Waals surface area contributed by atoms with E-state index in [1.165, 1.54) is 0 Å². The summed E-state index contributed by atoms with van der Waals surface area (Å²) in [6.45, 7) is 6.65. The number of pyridine rings is 1. The SMILES string of the molecule is CCOc1cc2nc(C3CCOCC3)cn2cc1NC(=O)c1ccn(CC)n1. The van der Waals surface area contributed by atoms with Gasteiger partial charge in [0.15, 0.2) is 5.69 Å². The zero-order valence-corrected chi connectivity index (χ0v) is 16.2. The number of anilines is 1. The molecule has 148 valence electrons. The number of rotatable bonds is 6. The van der Waals surface area contributed by atoms with Gasteiger partial charge in [-0.15, -0.1) is 0 Å². The topological polar surface area (TPSA) is 82.7 Å². The van der Waals surface area contributed by atoms with Crippen LogP contribution in [0.5, 0.6) is 5.75 Å². The maximum absolute atomic E-state index is 12.6. The summed E-state index contributed by atoms with van der Waals surface area (Å²) < 4.78 is 14.9. The fourth-order valence-corrected chi connectivity index (χ4v) is 3.44.